The molecule has 0 spiro atoms. The molecule has 0 saturated carbocycles. The maximum Gasteiger partial charge on any atom is 0.265 e. The Hall–Kier alpha value is -4.67. The molecule has 0 aliphatic carbocycles. The van der Waals surface area contributed by atoms with Crippen LogP contribution in [-0.4, -0.2) is 43.5 Å². The summed E-state index contributed by atoms with van der Waals surface area (Å²) < 4.78 is 10.9. The molecule has 3 aromatic carbocycles. The van der Waals surface area contributed by atoms with Crippen LogP contribution in [0.4, 0.5) is 0 Å². The fourth-order valence-electron chi connectivity index (χ4n) is 4.62. The molecule has 0 radical (unpaired) electrons. The molecule has 0 aliphatic heterocycles. The van der Waals surface area contributed by atoms with Crippen LogP contribution in [0.5, 0.6) is 11.5 Å². The fraction of sp³-hybridized carbons (Fsp3) is 0.265. The van der Waals surface area contributed by atoms with Gasteiger partial charge in [0.2, 0.25) is 11.8 Å². The van der Waals surface area contributed by atoms with Gasteiger partial charge in [-0.3, -0.25) is 14.4 Å². The molecule has 5 N–H and O–H groups in total. The van der Waals surface area contributed by atoms with Crippen LogP contribution in [0, 0.1) is 0 Å². The molecule has 10 heteroatoms. The summed E-state index contributed by atoms with van der Waals surface area (Å²) in [5, 5.41) is 10.5. The van der Waals surface area contributed by atoms with Crippen LogP contribution in [0.2, 0.25) is 0 Å². The number of hydrogen-bond donors (Lipinski definition) is 4. The smallest absolute Gasteiger partial charge is 0.265 e. The number of carbonyl (C=O) groups excluding carboxylic acids is 3. The number of thiophene rings is 1. The first-order chi connectivity index (χ1) is 21.4. The van der Waals surface area contributed by atoms with E-state index in [4.69, 9.17) is 15.2 Å². The summed E-state index contributed by atoms with van der Waals surface area (Å²) in [7, 11) is 1.49. The standard InChI is InChI=1S/C34H38N4O5S/c1-3-43-27-15-13-24(14-16-27)20-29(38-34(41)31-30(42-2)17-18-44-31)33(40)37-28(19-23-7-5-4-6-8-23)32(39)36-22-26-11-9-25(21-35)10-12-26/h4-18,28-29H,3,19-22,35H2,1-2H3,(H,36,39)(H,37,40)(H,38,41)/t28-,29+/m0/s1. The van der Waals surface area contributed by atoms with E-state index in [2.05, 4.69) is 16.0 Å². The molecule has 0 aliphatic rings. The van der Waals surface area contributed by atoms with Crippen molar-refractivity contribution < 1.29 is 23.9 Å². The van der Waals surface area contributed by atoms with E-state index in [1.807, 2.05) is 85.8 Å². The van der Waals surface area contributed by atoms with Gasteiger partial charge < -0.3 is 31.2 Å². The number of rotatable bonds is 15. The molecule has 9 nitrogen and oxygen atoms in total. The van der Waals surface area contributed by atoms with Gasteiger partial charge in [0.05, 0.1) is 13.7 Å². The number of nitrogens with two attached hydrogens (primary N) is 1. The Morgan fingerprint density at radius 1 is 0.773 bits per heavy atom. The molecule has 0 saturated heterocycles. The van der Waals surface area contributed by atoms with E-state index < -0.39 is 23.9 Å². The van der Waals surface area contributed by atoms with Gasteiger partial charge in [-0.15, -0.1) is 11.3 Å². The van der Waals surface area contributed by atoms with Crippen LogP contribution in [0.1, 0.15) is 38.8 Å². The maximum absolute atomic E-state index is 13.9. The van der Waals surface area contributed by atoms with Gasteiger partial charge in [-0.25, -0.2) is 0 Å². The van der Waals surface area contributed by atoms with Crippen molar-refractivity contribution in [1.82, 2.24) is 16.0 Å². The van der Waals surface area contributed by atoms with Gasteiger partial charge in [0.1, 0.15) is 28.5 Å². The van der Waals surface area contributed by atoms with Crippen molar-refractivity contribution in [3.8, 4) is 11.5 Å². The topological polar surface area (TPSA) is 132 Å². The Morgan fingerprint density at radius 3 is 2.02 bits per heavy atom. The number of hydrogen-bond acceptors (Lipinski definition) is 7. The van der Waals surface area contributed by atoms with Crippen molar-refractivity contribution in [2.45, 2.75) is 44.9 Å². The molecular formula is C34H38N4O5S. The number of nitrogens with one attached hydrogen (secondary N) is 3. The molecule has 4 aromatic rings. The highest BCUT2D eigenvalue weighted by Gasteiger charge is 2.28. The van der Waals surface area contributed by atoms with Gasteiger partial charge in [-0.1, -0.05) is 66.7 Å². The number of methoxy groups -OCH3 is 1. The van der Waals surface area contributed by atoms with Gasteiger partial charge in [0, 0.05) is 25.9 Å². The van der Waals surface area contributed by atoms with E-state index in [0.717, 1.165) is 22.3 Å². The van der Waals surface area contributed by atoms with Gasteiger partial charge in [-0.05, 0) is 52.8 Å². The molecule has 3 amide bonds. The summed E-state index contributed by atoms with van der Waals surface area (Å²) >= 11 is 1.22. The molecule has 1 aromatic heterocycles. The van der Waals surface area contributed by atoms with Crippen LogP contribution in [0.15, 0.2) is 90.3 Å². The van der Waals surface area contributed by atoms with Crippen molar-refractivity contribution >= 4 is 29.1 Å². The van der Waals surface area contributed by atoms with E-state index in [1.165, 1.54) is 18.4 Å². The second-order valence-corrected chi connectivity index (χ2v) is 11.0. The van der Waals surface area contributed by atoms with E-state index in [-0.39, 0.29) is 25.3 Å². The lowest BCUT2D eigenvalue weighted by Crippen LogP contribution is -2.55. The summed E-state index contributed by atoms with van der Waals surface area (Å²) in [6.45, 7) is 3.16. The van der Waals surface area contributed by atoms with Crippen molar-refractivity contribution in [2.75, 3.05) is 13.7 Å². The minimum Gasteiger partial charge on any atom is -0.495 e. The summed E-state index contributed by atoms with van der Waals surface area (Å²) in [6, 6.07) is 24.3. The third kappa shape index (κ3) is 9.16. The first kappa shape index (κ1) is 32.2. The molecule has 230 valence electrons. The molecule has 44 heavy (non-hydrogen) atoms. The molecule has 0 unspecified atom stereocenters. The number of benzene rings is 3. The molecule has 0 fully saturated rings. The Kier molecular flexibility index (Phi) is 11.9. The van der Waals surface area contributed by atoms with Crippen LogP contribution < -0.4 is 31.2 Å². The maximum atomic E-state index is 13.9. The monoisotopic (exact) mass is 614 g/mol. The van der Waals surface area contributed by atoms with Gasteiger partial charge in [0.15, 0.2) is 0 Å². The molecule has 1 heterocycles. The Balaban J connectivity index is 1.54. The van der Waals surface area contributed by atoms with E-state index in [9.17, 15) is 14.4 Å². The van der Waals surface area contributed by atoms with Gasteiger partial charge >= 0.3 is 0 Å². The second kappa shape index (κ2) is 16.3. The summed E-state index contributed by atoms with van der Waals surface area (Å²) in [6.07, 6.45) is 0.470. The normalized spacial score (nSPS) is 12.1. The highest BCUT2D eigenvalue weighted by molar-refractivity contribution is 7.12. The van der Waals surface area contributed by atoms with Crippen molar-refractivity contribution in [3.05, 3.63) is 117 Å². The van der Waals surface area contributed by atoms with Crippen molar-refractivity contribution in [1.29, 1.82) is 0 Å². The number of carbonyl (C=O) groups is 3. The van der Waals surface area contributed by atoms with Crippen LogP contribution in [-0.2, 0) is 35.5 Å². The predicted octanol–water partition coefficient (Wildman–Crippen LogP) is 4.00. The SMILES string of the molecule is CCOc1ccc(C[C@@H](NC(=O)c2sccc2OC)C(=O)N[C@@H](Cc2ccccc2)C(=O)NCc2ccc(CN)cc2)cc1. The van der Waals surface area contributed by atoms with E-state index in [0.29, 0.717) is 29.5 Å². The average Bonchev–Trinajstić information content (AvgIpc) is 3.54. The van der Waals surface area contributed by atoms with E-state index >= 15 is 0 Å². The van der Waals surface area contributed by atoms with Crippen LogP contribution >= 0.6 is 11.3 Å². The zero-order valence-corrected chi connectivity index (χ0v) is 25.7. The minimum atomic E-state index is -0.970. The zero-order chi connectivity index (χ0) is 31.3. The lowest BCUT2D eigenvalue weighted by molar-refractivity contribution is -0.130. The first-order valence-corrected chi connectivity index (χ1v) is 15.3. The second-order valence-electron chi connectivity index (χ2n) is 10.1. The summed E-state index contributed by atoms with van der Waals surface area (Å²) in [4.78, 5) is 41.0. The average molecular weight is 615 g/mol. The molecule has 0 bridgehead atoms. The Morgan fingerprint density at radius 2 is 1.39 bits per heavy atom. The van der Waals surface area contributed by atoms with Crippen molar-refractivity contribution in [2.24, 2.45) is 5.73 Å². The van der Waals surface area contributed by atoms with Crippen LogP contribution in [0.25, 0.3) is 0 Å². The Labute approximate surface area is 261 Å². The fourth-order valence-corrected chi connectivity index (χ4v) is 5.38. The largest absolute Gasteiger partial charge is 0.495 e. The lowest BCUT2D eigenvalue weighted by atomic mass is 10.0. The third-order valence-electron chi connectivity index (χ3n) is 6.99. The quantitative estimate of drug-likeness (QED) is 0.160. The summed E-state index contributed by atoms with van der Waals surface area (Å²) in [5.74, 6) is -0.120. The predicted molar refractivity (Wildman–Crippen MR) is 172 cm³/mol. The minimum absolute atomic E-state index is 0.199. The third-order valence-corrected chi connectivity index (χ3v) is 7.89. The lowest BCUT2D eigenvalue weighted by Gasteiger charge is -2.24. The van der Waals surface area contributed by atoms with Gasteiger partial charge in [-0.2, -0.15) is 0 Å². The zero-order valence-electron chi connectivity index (χ0n) is 24.9. The van der Waals surface area contributed by atoms with Gasteiger partial charge in [0.25, 0.3) is 5.91 Å². The number of amides is 3. The highest BCUT2D eigenvalue weighted by Crippen LogP contribution is 2.24. The number of ether oxygens (including phenoxy) is 2. The Bertz CT molecular complexity index is 1510. The molecule has 4 rings (SSSR count). The first-order valence-electron chi connectivity index (χ1n) is 14.4. The summed E-state index contributed by atoms with van der Waals surface area (Å²) in [5.41, 5.74) is 9.30. The van der Waals surface area contributed by atoms with E-state index in [1.54, 1.807) is 11.4 Å². The molecule has 2 atom stereocenters. The molecular weight excluding hydrogens is 576 g/mol. The van der Waals surface area contributed by atoms with Crippen molar-refractivity contribution in [3.63, 3.8) is 0 Å². The highest BCUT2D eigenvalue weighted by atomic mass is 32.1. The van der Waals surface area contributed by atoms with Crippen LogP contribution in [0.3, 0.4) is 0 Å².